The number of nitrogens with one attached hydrogen (secondary N) is 1. The molecule has 0 saturated heterocycles. The van der Waals surface area contributed by atoms with Crippen LogP contribution >= 0.6 is 0 Å². The topological polar surface area (TPSA) is 75.7 Å². The first-order valence-electron chi connectivity index (χ1n) is 8.98. The van der Waals surface area contributed by atoms with E-state index in [0.29, 0.717) is 0 Å². The second kappa shape index (κ2) is 10.1. The molecular weight excluding hydrogens is 376 g/mol. The smallest absolute Gasteiger partial charge is 0.407 e. The maximum Gasteiger partial charge on any atom is 0.407 e. The Morgan fingerprint density at radius 1 is 1.18 bits per heavy atom. The fraction of sp³-hybridized carbons (Fsp3) is 0.286. The van der Waals surface area contributed by atoms with E-state index in [1.807, 2.05) is 37.3 Å². The van der Waals surface area contributed by atoms with Gasteiger partial charge in [0.25, 0.3) is 0 Å². The van der Waals surface area contributed by atoms with Gasteiger partial charge in [0.1, 0.15) is 6.61 Å². The molecular formula is C21H26N2O4S. The molecule has 7 heteroatoms. The highest BCUT2D eigenvalue weighted by atomic mass is 32.2. The lowest BCUT2D eigenvalue weighted by molar-refractivity contribution is 0.135. The Morgan fingerprint density at radius 3 is 2.43 bits per heavy atom. The number of hydrogen-bond acceptors (Lipinski definition) is 4. The van der Waals surface area contributed by atoms with Gasteiger partial charge >= 0.3 is 6.09 Å². The fourth-order valence-electron chi connectivity index (χ4n) is 2.59. The summed E-state index contributed by atoms with van der Waals surface area (Å²) >= 11 is 0. The van der Waals surface area contributed by atoms with Crippen molar-refractivity contribution in [3.8, 4) is 0 Å². The molecule has 150 valence electrons. The van der Waals surface area contributed by atoms with Crippen LogP contribution in [0.2, 0.25) is 0 Å². The van der Waals surface area contributed by atoms with Crippen molar-refractivity contribution in [1.82, 2.24) is 9.62 Å². The molecule has 0 aromatic heterocycles. The molecule has 0 radical (unpaired) electrons. The predicted molar refractivity (Wildman–Crippen MR) is 109 cm³/mol. The van der Waals surface area contributed by atoms with Crippen LogP contribution in [-0.4, -0.2) is 37.9 Å². The summed E-state index contributed by atoms with van der Waals surface area (Å²) in [5.41, 5.74) is 1.85. The van der Waals surface area contributed by atoms with Crippen LogP contribution in [0.15, 0.2) is 72.1 Å². The molecule has 0 bridgehead atoms. The van der Waals surface area contributed by atoms with Gasteiger partial charge in [0.2, 0.25) is 10.0 Å². The molecule has 0 spiro atoms. The molecule has 28 heavy (non-hydrogen) atoms. The van der Waals surface area contributed by atoms with Crippen LogP contribution in [0.3, 0.4) is 0 Å². The van der Waals surface area contributed by atoms with Gasteiger partial charge in [0.05, 0.1) is 4.90 Å². The third-order valence-electron chi connectivity index (χ3n) is 4.05. The van der Waals surface area contributed by atoms with Gasteiger partial charge < -0.3 is 10.1 Å². The van der Waals surface area contributed by atoms with Crippen molar-refractivity contribution in [3.05, 3.63) is 78.4 Å². The summed E-state index contributed by atoms with van der Waals surface area (Å²) in [5.74, 6) is 0. The number of carbonyl (C=O) groups excluding carboxylic acids is 1. The van der Waals surface area contributed by atoms with Crippen molar-refractivity contribution in [2.45, 2.75) is 31.4 Å². The van der Waals surface area contributed by atoms with Crippen molar-refractivity contribution in [2.24, 2.45) is 0 Å². The molecule has 0 aliphatic carbocycles. The van der Waals surface area contributed by atoms with Crippen molar-refractivity contribution in [1.29, 1.82) is 0 Å². The number of alkyl carbamates (subject to hydrolysis) is 1. The Hall–Kier alpha value is -2.64. The van der Waals surface area contributed by atoms with E-state index >= 15 is 0 Å². The fourth-order valence-corrected chi connectivity index (χ4v) is 4.09. The Morgan fingerprint density at radius 2 is 1.82 bits per heavy atom. The number of nitrogens with zero attached hydrogens (tertiary/aromatic N) is 1. The van der Waals surface area contributed by atoms with Crippen molar-refractivity contribution in [2.75, 3.05) is 13.1 Å². The second-order valence-corrected chi connectivity index (χ2v) is 8.47. The molecule has 2 rings (SSSR count). The summed E-state index contributed by atoms with van der Waals surface area (Å²) in [5, 5.41) is 2.67. The molecule has 0 aliphatic rings. The third-order valence-corrected chi connectivity index (χ3v) is 5.89. The lowest BCUT2D eigenvalue weighted by Gasteiger charge is -2.24. The summed E-state index contributed by atoms with van der Waals surface area (Å²) in [7, 11) is -3.70. The highest BCUT2D eigenvalue weighted by Gasteiger charge is 2.25. The van der Waals surface area contributed by atoms with Crippen LogP contribution < -0.4 is 5.32 Å². The monoisotopic (exact) mass is 402 g/mol. The van der Waals surface area contributed by atoms with Crippen LogP contribution in [0.1, 0.15) is 18.1 Å². The molecule has 1 N–H and O–H groups in total. The highest BCUT2D eigenvalue weighted by molar-refractivity contribution is 7.89. The average molecular weight is 403 g/mol. The van der Waals surface area contributed by atoms with Gasteiger partial charge in [0, 0.05) is 19.1 Å². The Labute approximate surface area is 166 Å². The van der Waals surface area contributed by atoms with E-state index in [4.69, 9.17) is 4.74 Å². The van der Waals surface area contributed by atoms with Crippen LogP contribution in [0.25, 0.3) is 0 Å². The second-order valence-electron chi connectivity index (χ2n) is 6.53. The lowest BCUT2D eigenvalue weighted by atomic mass is 10.2. The number of sulfonamides is 1. The molecule has 2 aromatic rings. The summed E-state index contributed by atoms with van der Waals surface area (Å²) in [6.45, 7) is 7.65. The average Bonchev–Trinajstić information content (AvgIpc) is 2.67. The minimum Gasteiger partial charge on any atom is -0.445 e. The van der Waals surface area contributed by atoms with Gasteiger partial charge in [-0.05, 0) is 31.5 Å². The number of ether oxygens (including phenoxy) is 1. The summed E-state index contributed by atoms with van der Waals surface area (Å²) in [6, 6.07) is 15.5. The van der Waals surface area contributed by atoms with Gasteiger partial charge in [-0.3, -0.25) is 0 Å². The van der Waals surface area contributed by atoms with Crippen molar-refractivity contribution >= 4 is 16.1 Å². The molecule has 0 saturated carbocycles. The lowest BCUT2D eigenvalue weighted by Crippen LogP contribution is -2.44. The van der Waals surface area contributed by atoms with Gasteiger partial charge in [-0.1, -0.05) is 54.1 Å². The first kappa shape index (κ1) is 21.7. The van der Waals surface area contributed by atoms with E-state index in [1.54, 1.807) is 31.2 Å². The zero-order chi connectivity index (χ0) is 20.6. The van der Waals surface area contributed by atoms with Crippen LogP contribution in [0.5, 0.6) is 0 Å². The Balaban J connectivity index is 1.97. The van der Waals surface area contributed by atoms with E-state index < -0.39 is 22.2 Å². The molecule has 0 aliphatic heterocycles. The van der Waals surface area contributed by atoms with Crippen molar-refractivity contribution < 1.29 is 17.9 Å². The molecule has 1 atom stereocenters. The van der Waals surface area contributed by atoms with Crippen LogP contribution in [0.4, 0.5) is 4.79 Å². The molecule has 0 fully saturated rings. The molecule has 1 amide bonds. The quantitative estimate of drug-likeness (QED) is 0.652. The largest absolute Gasteiger partial charge is 0.445 e. The SMILES string of the molecule is C=CCN(C[C@H](C)NC(=O)OCc1ccccc1)S(=O)(=O)c1ccc(C)cc1. The van der Waals surface area contributed by atoms with Gasteiger partial charge in [0.15, 0.2) is 0 Å². The van der Waals surface area contributed by atoms with Gasteiger partial charge in [-0.15, -0.1) is 6.58 Å². The van der Waals surface area contributed by atoms with E-state index in [9.17, 15) is 13.2 Å². The number of rotatable bonds is 9. The van der Waals surface area contributed by atoms with Crippen LogP contribution in [0, 0.1) is 6.92 Å². The zero-order valence-corrected chi connectivity index (χ0v) is 17.0. The first-order valence-corrected chi connectivity index (χ1v) is 10.4. The number of aryl methyl sites for hydroxylation is 1. The Bertz CT molecular complexity index is 880. The van der Waals surface area contributed by atoms with Crippen molar-refractivity contribution in [3.63, 3.8) is 0 Å². The minimum absolute atomic E-state index is 0.0999. The zero-order valence-electron chi connectivity index (χ0n) is 16.2. The molecule has 0 heterocycles. The highest BCUT2D eigenvalue weighted by Crippen LogP contribution is 2.17. The first-order chi connectivity index (χ1) is 13.3. The molecule has 6 nitrogen and oxygen atoms in total. The standard InChI is InChI=1S/C21H26N2O4S/c1-4-14-23(28(25,26)20-12-10-17(2)11-13-20)15-18(3)22-21(24)27-16-19-8-6-5-7-9-19/h4-13,18H,1,14-16H2,2-3H3,(H,22,24)/t18-/m0/s1. The predicted octanol–water partition coefficient (Wildman–Crippen LogP) is 3.49. The van der Waals surface area contributed by atoms with E-state index in [-0.39, 0.29) is 24.6 Å². The number of benzene rings is 2. The third kappa shape index (κ3) is 6.21. The Kier molecular flexibility index (Phi) is 7.78. The summed E-state index contributed by atoms with van der Waals surface area (Å²) in [6.07, 6.45) is 0.925. The van der Waals surface area contributed by atoms with Gasteiger partial charge in [-0.2, -0.15) is 4.31 Å². The number of carbonyl (C=O) groups is 1. The molecule has 0 unspecified atom stereocenters. The maximum atomic E-state index is 12.9. The van der Waals surface area contributed by atoms with Crippen LogP contribution in [-0.2, 0) is 21.4 Å². The maximum absolute atomic E-state index is 12.9. The van der Waals surface area contributed by atoms with Gasteiger partial charge in [-0.25, -0.2) is 13.2 Å². The number of hydrogen-bond donors (Lipinski definition) is 1. The van der Waals surface area contributed by atoms with E-state index in [1.165, 1.54) is 10.4 Å². The summed E-state index contributed by atoms with van der Waals surface area (Å²) < 4.78 is 32.3. The summed E-state index contributed by atoms with van der Waals surface area (Å²) in [4.78, 5) is 12.2. The number of amides is 1. The van der Waals surface area contributed by atoms with E-state index in [2.05, 4.69) is 11.9 Å². The minimum atomic E-state index is -3.70. The molecule has 2 aromatic carbocycles. The normalized spacial score (nSPS) is 12.4. The van der Waals surface area contributed by atoms with E-state index in [0.717, 1.165) is 11.1 Å².